The molecule has 94 valence electrons. The highest BCUT2D eigenvalue weighted by molar-refractivity contribution is 8.01. The third kappa shape index (κ3) is 2.85. The summed E-state index contributed by atoms with van der Waals surface area (Å²) >= 11 is 1.73. The second-order valence-electron chi connectivity index (χ2n) is 4.68. The van der Waals surface area contributed by atoms with Crippen molar-refractivity contribution in [1.82, 2.24) is 5.32 Å². The van der Waals surface area contributed by atoms with E-state index in [1.54, 1.807) is 17.8 Å². The Labute approximate surface area is 112 Å². The number of nitriles is 1. The Morgan fingerprint density at radius 1 is 1.61 bits per heavy atom. The summed E-state index contributed by atoms with van der Waals surface area (Å²) in [6, 6.07) is 9.44. The number of hydrogen-bond acceptors (Lipinski definition) is 3. The summed E-state index contributed by atoms with van der Waals surface area (Å²) in [6.45, 7) is 2.50. The number of nitrogens with one attached hydrogen (secondary N) is 1. The highest BCUT2D eigenvalue weighted by Crippen LogP contribution is 2.37. The van der Waals surface area contributed by atoms with Crippen molar-refractivity contribution in [2.24, 2.45) is 0 Å². The predicted octanol–water partition coefficient (Wildman–Crippen LogP) is 2.46. The number of carbonyl (C=O) groups excluding carboxylic acids is 1. The Kier molecular flexibility index (Phi) is 3.93. The summed E-state index contributed by atoms with van der Waals surface area (Å²) in [5.74, 6) is 1.17. The van der Waals surface area contributed by atoms with Gasteiger partial charge in [0.25, 0.3) is 0 Å². The lowest BCUT2D eigenvalue weighted by molar-refractivity contribution is -0.123. The standard InChI is InChI=1S/C14H16N2OS/c1-14(6-3-7-18-14)13(17)16-10-12-5-2-4-11(8-12)9-15/h2,4-5,8H,3,6-7,10H2,1H3,(H,16,17). The van der Waals surface area contributed by atoms with Crippen LogP contribution in [-0.2, 0) is 11.3 Å². The average Bonchev–Trinajstić information content (AvgIpc) is 2.84. The van der Waals surface area contributed by atoms with E-state index in [0.29, 0.717) is 12.1 Å². The van der Waals surface area contributed by atoms with E-state index < -0.39 is 0 Å². The first-order chi connectivity index (χ1) is 8.64. The van der Waals surface area contributed by atoms with Crippen molar-refractivity contribution >= 4 is 17.7 Å². The van der Waals surface area contributed by atoms with Crippen molar-refractivity contribution in [1.29, 1.82) is 5.26 Å². The quantitative estimate of drug-likeness (QED) is 0.908. The van der Waals surface area contributed by atoms with Gasteiger partial charge >= 0.3 is 0 Å². The lowest BCUT2D eigenvalue weighted by Gasteiger charge is -2.21. The van der Waals surface area contributed by atoms with E-state index in [9.17, 15) is 4.79 Å². The maximum Gasteiger partial charge on any atom is 0.236 e. The number of rotatable bonds is 3. The molecule has 1 heterocycles. The number of carbonyl (C=O) groups is 1. The maximum atomic E-state index is 12.1. The van der Waals surface area contributed by atoms with Crippen LogP contribution in [0.15, 0.2) is 24.3 Å². The highest BCUT2D eigenvalue weighted by Gasteiger charge is 2.36. The van der Waals surface area contributed by atoms with Crippen molar-refractivity contribution in [2.75, 3.05) is 5.75 Å². The van der Waals surface area contributed by atoms with Crippen LogP contribution in [0.5, 0.6) is 0 Å². The van der Waals surface area contributed by atoms with Crippen LogP contribution in [0.3, 0.4) is 0 Å². The SMILES string of the molecule is CC1(C(=O)NCc2cccc(C#N)c2)CCCS1. The molecule has 1 aromatic rings. The zero-order valence-corrected chi connectivity index (χ0v) is 11.2. The molecule has 0 bridgehead atoms. The van der Waals surface area contributed by atoms with Crippen LogP contribution in [0, 0.1) is 11.3 Å². The average molecular weight is 260 g/mol. The van der Waals surface area contributed by atoms with Crippen LogP contribution in [0.2, 0.25) is 0 Å². The van der Waals surface area contributed by atoms with E-state index in [1.165, 1.54) is 0 Å². The highest BCUT2D eigenvalue weighted by atomic mass is 32.2. The Morgan fingerprint density at radius 2 is 2.44 bits per heavy atom. The van der Waals surface area contributed by atoms with Crippen molar-refractivity contribution in [3.05, 3.63) is 35.4 Å². The molecule has 1 saturated heterocycles. The number of hydrogen-bond donors (Lipinski definition) is 1. The smallest absolute Gasteiger partial charge is 0.236 e. The molecule has 3 nitrogen and oxygen atoms in total. The van der Waals surface area contributed by atoms with Gasteiger partial charge in [0.15, 0.2) is 0 Å². The summed E-state index contributed by atoms with van der Waals surface area (Å²) in [5, 5.41) is 11.8. The van der Waals surface area contributed by atoms with Crippen LogP contribution in [0.1, 0.15) is 30.9 Å². The minimum absolute atomic E-state index is 0.104. The molecule has 4 heteroatoms. The van der Waals surface area contributed by atoms with Gasteiger partial charge in [0, 0.05) is 6.54 Å². The molecular formula is C14H16N2OS. The first-order valence-electron chi connectivity index (χ1n) is 6.05. The molecule has 0 radical (unpaired) electrons. The molecule has 1 amide bonds. The molecule has 1 aromatic carbocycles. The molecule has 1 atom stereocenters. The molecule has 0 aromatic heterocycles. The van der Waals surface area contributed by atoms with Gasteiger partial charge in [-0.2, -0.15) is 5.26 Å². The van der Waals surface area contributed by atoms with Crippen LogP contribution < -0.4 is 5.32 Å². The van der Waals surface area contributed by atoms with E-state index in [-0.39, 0.29) is 10.7 Å². The van der Waals surface area contributed by atoms with Crippen LogP contribution in [-0.4, -0.2) is 16.4 Å². The van der Waals surface area contributed by atoms with Gasteiger partial charge in [-0.05, 0) is 43.2 Å². The molecule has 1 fully saturated rings. The van der Waals surface area contributed by atoms with E-state index in [0.717, 1.165) is 24.2 Å². The van der Waals surface area contributed by atoms with Gasteiger partial charge in [0.1, 0.15) is 0 Å². The van der Waals surface area contributed by atoms with Crippen molar-refractivity contribution in [2.45, 2.75) is 31.1 Å². The van der Waals surface area contributed by atoms with Crippen molar-refractivity contribution < 1.29 is 4.79 Å². The predicted molar refractivity (Wildman–Crippen MR) is 73.1 cm³/mol. The van der Waals surface area contributed by atoms with Gasteiger partial charge in [-0.1, -0.05) is 12.1 Å². The van der Waals surface area contributed by atoms with Crippen LogP contribution in [0.4, 0.5) is 0 Å². The van der Waals surface area contributed by atoms with E-state index in [1.807, 2.05) is 25.1 Å². The minimum Gasteiger partial charge on any atom is -0.351 e. The van der Waals surface area contributed by atoms with Gasteiger partial charge < -0.3 is 5.32 Å². The van der Waals surface area contributed by atoms with Crippen LogP contribution in [0.25, 0.3) is 0 Å². The van der Waals surface area contributed by atoms with Crippen molar-refractivity contribution in [3.8, 4) is 6.07 Å². The van der Waals surface area contributed by atoms with Gasteiger partial charge in [-0.15, -0.1) is 11.8 Å². The van der Waals surface area contributed by atoms with Crippen LogP contribution >= 0.6 is 11.8 Å². The molecule has 1 aliphatic rings. The fourth-order valence-electron chi connectivity index (χ4n) is 2.08. The van der Waals surface area contributed by atoms with Gasteiger partial charge in [0.2, 0.25) is 5.91 Å². The summed E-state index contributed by atoms with van der Waals surface area (Å²) in [5.41, 5.74) is 1.59. The second-order valence-corrected chi connectivity index (χ2v) is 6.28. The number of thioether (sulfide) groups is 1. The number of amides is 1. The molecule has 1 unspecified atom stereocenters. The maximum absolute atomic E-state index is 12.1. The zero-order valence-electron chi connectivity index (χ0n) is 10.4. The third-order valence-electron chi connectivity index (χ3n) is 3.21. The van der Waals surface area contributed by atoms with E-state index in [2.05, 4.69) is 11.4 Å². The molecule has 18 heavy (non-hydrogen) atoms. The summed E-state index contributed by atoms with van der Waals surface area (Å²) < 4.78 is -0.271. The monoisotopic (exact) mass is 260 g/mol. The third-order valence-corrected chi connectivity index (χ3v) is 4.73. The molecule has 1 N–H and O–H groups in total. The molecule has 1 aliphatic heterocycles. The molecule has 2 rings (SSSR count). The Hall–Kier alpha value is -1.47. The Balaban J connectivity index is 1.95. The molecule has 0 spiro atoms. The minimum atomic E-state index is -0.271. The van der Waals surface area contributed by atoms with Gasteiger partial charge in [0.05, 0.1) is 16.4 Å². The van der Waals surface area contributed by atoms with Crippen molar-refractivity contribution in [3.63, 3.8) is 0 Å². The zero-order chi connectivity index (χ0) is 13.0. The number of benzene rings is 1. The Morgan fingerprint density at radius 3 is 3.11 bits per heavy atom. The molecular weight excluding hydrogens is 244 g/mol. The lowest BCUT2D eigenvalue weighted by Crippen LogP contribution is -2.39. The topological polar surface area (TPSA) is 52.9 Å². The summed E-state index contributed by atoms with van der Waals surface area (Å²) in [4.78, 5) is 12.1. The molecule has 0 saturated carbocycles. The fraction of sp³-hybridized carbons (Fsp3) is 0.429. The van der Waals surface area contributed by atoms with Gasteiger partial charge in [-0.3, -0.25) is 4.79 Å². The Bertz CT molecular complexity index is 487. The van der Waals surface area contributed by atoms with Gasteiger partial charge in [-0.25, -0.2) is 0 Å². The number of nitrogens with zero attached hydrogens (tertiary/aromatic N) is 1. The first kappa shape index (κ1) is 13.0. The van der Waals surface area contributed by atoms with E-state index >= 15 is 0 Å². The normalized spacial score (nSPS) is 22.4. The van der Waals surface area contributed by atoms with E-state index in [4.69, 9.17) is 5.26 Å². The second kappa shape index (κ2) is 5.45. The lowest BCUT2D eigenvalue weighted by atomic mass is 10.0. The summed E-state index contributed by atoms with van der Waals surface area (Å²) in [7, 11) is 0. The first-order valence-corrected chi connectivity index (χ1v) is 7.04. The largest absolute Gasteiger partial charge is 0.351 e. The molecule has 0 aliphatic carbocycles. The summed E-state index contributed by atoms with van der Waals surface area (Å²) in [6.07, 6.45) is 2.06. The fourth-order valence-corrected chi connectivity index (χ4v) is 3.31.